The summed E-state index contributed by atoms with van der Waals surface area (Å²) in [7, 11) is 0. The van der Waals surface area contributed by atoms with Gasteiger partial charge in [-0.15, -0.1) is 5.92 Å². The summed E-state index contributed by atoms with van der Waals surface area (Å²) in [5.41, 5.74) is 0.852. The van der Waals surface area contributed by atoms with Crippen molar-refractivity contribution in [1.29, 1.82) is 0 Å². The lowest BCUT2D eigenvalue weighted by atomic mass is 10.1. The normalized spacial score (nSPS) is 9.50. The zero-order chi connectivity index (χ0) is 9.97. The van der Waals surface area contributed by atoms with Crippen molar-refractivity contribution in [2.45, 2.75) is 6.92 Å². The van der Waals surface area contributed by atoms with Gasteiger partial charge in [-0.25, -0.2) is 4.98 Å². The molecule has 0 atom stereocenters. The van der Waals surface area contributed by atoms with Gasteiger partial charge in [-0.1, -0.05) is 12.0 Å². The summed E-state index contributed by atoms with van der Waals surface area (Å²) < 4.78 is 0. The fourth-order valence-corrected chi connectivity index (χ4v) is 1.36. The lowest BCUT2D eigenvalue weighted by Crippen LogP contribution is -1.79. The van der Waals surface area contributed by atoms with Crippen LogP contribution in [0.3, 0.4) is 0 Å². The van der Waals surface area contributed by atoms with E-state index >= 15 is 0 Å². The molecule has 67 valence electrons. The number of fused-ring (bicyclic) bond motifs is 1. The highest BCUT2D eigenvalue weighted by Gasteiger charge is 2.01. The molecule has 0 aliphatic heterocycles. The standard InChI is InChI=1S/C12H8NO/c1-2-3-9-4-5-10-6-7-13-12(14)11(10)8-9/h4-8H,1H3. The molecule has 0 aliphatic rings. The van der Waals surface area contributed by atoms with Crippen LogP contribution in [0.25, 0.3) is 10.8 Å². The van der Waals surface area contributed by atoms with E-state index in [1.807, 2.05) is 18.2 Å². The molecule has 2 heteroatoms. The Balaban J connectivity index is 2.73. The largest absolute Gasteiger partial charge is 0.277 e. The van der Waals surface area contributed by atoms with Crippen LogP contribution < -0.4 is 0 Å². The molecule has 0 bridgehead atoms. The van der Waals surface area contributed by atoms with Gasteiger partial charge in [0.15, 0.2) is 0 Å². The fraction of sp³-hybridized carbons (Fsp3) is 0.0833. The average molecular weight is 182 g/mol. The molecule has 0 saturated carbocycles. The molecule has 0 unspecified atom stereocenters. The van der Waals surface area contributed by atoms with Gasteiger partial charge in [0.1, 0.15) is 0 Å². The lowest BCUT2D eigenvalue weighted by Gasteiger charge is -1.97. The molecule has 2 rings (SSSR count). The molecule has 1 radical (unpaired) electrons. The van der Waals surface area contributed by atoms with E-state index in [1.54, 1.807) is 13.0 Å². The first-order valence-corrected chi connectivity index (χ1v) is 4.30. The molecule has 0 N–H and O–H groups in total. The van der Waals surface area contributed by atoms with Crippen LogP contribution in [-0.4, -0.2) is 4.98 Å². The number of aromatic nitrogens is 1. The van der Waals surface area contributed by atoms with E-state index in [9.17, 15) is 5.11 Å². The zero-order valence-corrected chi connectivity index (χ0v) is 7.74. The molecule has 1 aromatic carbocycles. The predicted molar refractivity (Wildman–Crippen MR) is 54.4 cm³/mol. The second-order valence-electron chi connectivity index (χ2n) is 2.93. The minimum Gasteiger partial charge on any atom is -0.267 e. The molecule has 0 amide bonds. The lowest BCUT2D eigenvalue weighted by molar-refractivity contribution is 0.343. The maximum atomic E-state index is 11.4. The Morgan fingerprint density at radius 3 is 2.93 bits per heavy atom. The van der Waals surface area contributed by atoms with E-state index in [0.29, 0.717) is 5.39 Å². The molecule has 1 aromatic heterocycles. The number of benzene rings is 1. The highest BCUT2D eigenvalue weighted by molar-refractivity contribution is 5.87. The Morgan fingerprint density at radius 1 is 1.29 bits per heavy atom. The van der Waals surface area contributed by atoms with Crippen molar-refractivity contribution >= 4 is 10.8 Å². The third-order valence-corrected chi connectivity index (χ3v) is 2.00. The first-order chi connectivity index (χ1) is 6.81. The Hall–Kier alpha value is -2.01. The quantitative estimate of drug-likeness (QED) is 0.576. The maximum absolute atomic E-state index is 11.4. The highest BCUT2D eigenvalue weighted by atomic mass is 16.3. The number of hydrogen-bond donors (Lipinski definition) is 0. The van der Waals surface area contributed by atoms with Gasteiger partial charge in [-0.05, 0) is 30.5 Å². The second-order valence-corrected chi connectivity index (χ2v) is 2.93. The summed E-state index contributed by atoms with van der Waals surface area (Å²) in [5.74, 6) is 5.51. The van der Waals surface area contributed by atoms with Gasteiger partial charge in [-0.3, -0.25) is 5.11 Å². The third kappa shape index (κ3) is 1.40. The van der Waals surface area contributed by atoms with Crippen molar-refractivity contribution in [2.75, 3.05) is 0 Å². The Labute approximate surface area is 82.2 Å². The summed E-state index contributed by atoms with van der Waals surface area (Å²) in [6.45, 7) is 1.77. The highest BCUT2D eigenvalue weighted by Crippen LogP contribution is 2.22. The van der Waals surface area contributed by atoms with Crippen molar-refractivity contribution in [1.82, 2.24) is 4.98 Å². The molecule has 0 spiro atoms. The van der Waals surface area contributed by atoms with E-state index in [0.717, 1.165) is 10.9 Å². The SMILES string of the molecule is CC#Cc1ccc2ccnc([O])c2c1. The van der Waals surface area contributed by atoms with Crippen molar-refractivity contribution in [3.63, 3.8) is 0 Å². The number of rotatable bonds is 0. The van der Waals surface area contributed by atoms with E-state index in [4.69, 9.17) is 0 Å². The minimum absolute atomic E-state index is 0.192. The number of pyridine rings is 1. The van der Waals surface area contributed by atoms with Crippen LogP contribution >= 0.6 is 0 Å². The molecular formula is C12H8NO. The molecule has 2 aromatic rings. The maximum Gasteiger partial charge on any atom is 0.277 e. The molecule has 1 heterocycles. The van der Waals surface area contributed by atoms with Crippen molar-refractivity contribution in [2.24, 2.45) is 0 Å². The Kier molecular flexibility index (Phi) is 2.08. The van der Waals surface area contributed by atoms with Crippen molar-refractivity contribution in [3.05, 3.63) is 36.0 Å². The third-order valence-electron chi connectivity index (χ3n) is 2.00. The summed E-state index contributed by atoms with van der Waals surface area (Å²) in [5, 5.41) is 12.9. The van der Waals surface area contributed by atoms with Crippen LogP contribution in [0.15, 0.2) is 30.5 Å². The molecule has 14 heavy (non-hydrogen) atoms. The smallest absolute Gasteiger partial charge is 0.267 e. The van der Waals surface area contributed by atoms with Gasteiger partial charge in [-0.2, -0.15) is 0 Å². The van der Waals surface area contributed by atoms with Crippen LogP contribution in [0.1, 0.15) is 12.5 Å². The van der Waals surface area contributed by atoms with Gasteiger partial charge < -0.3 is 0 Å². The van der Waals surface area contributed by atoms with Gasteiger partial charge in [0.25, 0.3) is 5.88 Å². The molecule has 0 fully saturated rings. The fourth-order valence-electron chi connectivity index (χ4n) is 1.36. The predicted octanol–water partition coefficient (Wildman–Crippen LogP) is 2.75. The number of nitrogens with zero attached hydrogens (tertiary/aromatic N) is 1. The minimum atomic E-state index is -0.192. The number of hydrogen-bond acceptors (Lipinski definition) is 1. The monoisotopic (exact) mass is 182 g/mol. The van der Waals surface area contributed by atoms with E-state index in [2.05, 4.69) is 16.8 Å². The Bertz CT molecular complexity index is 535. The van der Waals surface area contributed by atoms with Crippen LogP contribution in [0.5, 0.6) is 5.88 Å². The first-order valence-electron chi connectivity index (χ1n) is 4.30. The summed E-state index contributed by atoms with van der Waals surface area (Å²) in [4.78, 5) is 3.70. The van der Waals surface area contributed by atoms with E-state index in [-0.39, 0.29) is 5.88 Å². The van der Waals surface area contributed by atoms with Crippen LogP contribution in [0.2, 0.25) is 0 Å². The van der Waals surface area contributed by atoms with Crippen molar-refractivity contribution in [3.8, 4) is 17.7 Å². The van der Waals surface area contributed by atoms with E-state index < -0.39 is 0 Å². The first kappa shape index (κ1) is 8.58. The molecule has 0 aliphatic carbocycles. The zero-order valence-electron chi connectivity index (χ0n) is 7.74. The van der Waals surface area contributed by atoms with Gasteiger partial charge in [0, 0.05) is 11.8 Å². The molecular weight excluding hydrogens is 174 g/mol. The Morgan fingerprint density at radius 2 is 2.14 bits per heavy atom. The van der Waals surface area contributed by atoms with Gasteiger partial charge >= 0.3 is 0 Å². The van der Waals surface area contributed by atoms with Gasteiger partial charge in [0.2, 0.25) is 0 Å². The second kappa shape index (κ2) is 3.39. The van der Waals surface area contributed by atoms with Crippen LogP contribution in [0.4, 0.5) is 0 Å². The van der Waals surface area contributed by atoms with Gasteiger partial charge in [0.05, 0.1) is 5.39 Å². The van der Waals surface area contributed by atoms with E-state index in [1.165, 1.54) is 6.20 Å². The average Bonchev–Trinajstić information content (AvgIpc) is 2.20. The van der Waals surface area contributed by atoms with Crippen molar-refractivity contribution < 1.29 is 5.11 Å². The van der Waals surface area contributed by atoms with Crippen LogP contribution in [-0.2, 0) is 5.11 Å². The molecule has 0 saturated heterocycles. The summed E-state index contributed by atoms with van der Waals surface area (Å²) in [6, 6.07) is 7.39. The topological polar surface area (TPSA) is 32.8 Å². The van der Waals surface area contributed by atoms with Crippen LogP contribution in [0, 0.1) is 11.8 Å². The summed E-state index contributed by atoms with van der Waals surface area (Å²) >= 11 is 0. The summed E-state index contributed by atoms with van der Waals surface area (Å²) in [6.07, 6.45) is 1.52. The molecule has 2 nitrogen and oxygen atoms in total.